The minimum absolute atomic E-state index is 0.483. The van der Waals surface area contributed by atoms with Gasteiger partial charge in [0.25, 0.3) is 0 Å². The molecule has 3 unspecified atom stereocenters. The molecule has 3 nitrogen and oxygen atoms in total. The summed E-state index contributed by atoms with van der Waals surface area (Å²) in [5, 5.41) is 3.42. The Morgan fingerprint density at radius 3 is 2.94 bits per heavy atom. The van der Waals surface area contributed by atoms with E-state index >= 15 is 0 Å². The lowest BCUT2D eigenvalue weighted by Gasteiger charge is -2.35. The predicted octanol–water partition coefficient (Wildman–Crippen LogP) is 1.49. The largest absolute Gasteiger partial charge is 0.376 e. The molecule has 2 rings (SSSR count). The molecule has 2 aliphatic rings. The topological polar surface area (TPSA) is 24.5 Å². The predicted molar refractivity (Wildman–Crippen MR) is 66.7 cm³/mol. The van der Waals surface area contributed by atoms with Gasteiger partial charge in [0.15, 0.2) is 0 Å². The molecule has 0 amide bonds. The molecule has 94 valence electrons. The van der Waals surface area contributed by atoms with Crippen molar-refractivity contribution < 1.29 is 4.74 Å². The van der Waals surface area contributed by atoms with Crippen LogP contribution in [-0.4, -0.2) is 50.3 Å². The van der Waals surface area contributed by atoms with Gasteiger partial charge in [0.1, 0.15) is 0 Å². The van der Waals surface area contributed by atoms with Gasteiger partial charge in [-0.1, -0.05) is 13.3 Å². The van der Waals surface area contributed by atoms with Crippen molar-refractivity contribution in [3.05, 3.63) is 0 Å². The molecule has 1 N–H and O–H groups in total. The number of nitrogens with zero attached hydrogens (tertiary/aromatic N) is 1. The van der Waals surface area contributed by atoms with Crippen molar-refractivity contribution in [1.82, 2.24) is 10.2 Å². The van der Waals surface area contributed by atoms with E-state index in [1.165, 1.54) is 32.2 Å². The van der Waals surface area contributed by atoms with Crippen molar-refractivity contribution in [3.63, 3.8) is 0 Å². The highest BCUT2D eigenvalue weighted by molar-refractivity contribution is 4.78. The summed E-state index contributed by atoms with van der Waals surface area (Å²) in [4.78, 5) is 2.47. The van der Waals surface area contributed by atoms with Gasteiger partial charge in [-0.3, -0.25) is 0 Å². The Labute approximate surface area is 99.5 Å². The maximum Gasteiger partial charge on any atom is 0.0625 e. The second-order valence-corrected chi connectivity index (χ2v) is 5.47. The highest BCUT2D eigenvalue weighted by Gasteiger charge is 2.25. The molecule has 0 aromatic heterocycles. The average molecular weight is 226 g/mol. The van der Waals surface area contributed by atoms with E-state index in [0.29, 0.717) is 18.1 Å². The van der Waals surface area contributed by atoms with Crippen molar-refractivity contribution in [3.8, 4) is 0 Å². The van der Waals surface area contributed by atoms with Crippen LogP contribution in [0.1, 0.15) is 32.6 Å². The maximum atomic E-state index is 6.12. The quantitative estimate of drug-likeness (QED) is 0.789. The Hall–Kier alpha value is -0.120. The summed E-state index contributed by atoms with van der Waals surface area (Å²) in [6, 6.07) is 0.663. The highest BCUT2D eigenvalue weighted by Crippen LogP contribution is 2.19. The van der Waals surface area contributed by atoms with Crippen molar-refractivity contribution >= 4 is 0 Å². The molecule has 0 spiro atoms. The van der Waals surface area contributed by atoms with Crippen LogP contribution >= 0.6 is 0 Å². The van der Waals surface area contributed by atoms with Gasteiger partial charge in [-0.25, -0.2) is 0 Å². The standard InChI is InChI=1S/C13H26N2O/c1-11-9-14-7-6-13(11)16-10-12-5-3-4-8-15(12)2/h11-14H,3-10H2,1-2H3. The van der Waals surface area contributed by atoms with Crippen LogP contribution in [0.15, 0.2) is 0 Å². The molecular weight excluding hydrogens is 200 g/mol. The zero-order valence-corrected chi connectivity index (χ0v) is 10.7. The van der Waals surface area contributed by atoms with Crippen LogP contribution in [0, 0.1) is 5.92 Å². The van der Waals surface area contributed by atoms with E-state index < -0.39 is 0 Å². The van der Waals surface area contributed by atoms with E-state index in [2.05, 4.69) is 24.2 Å². The fourth-order valence-electron chi connectivity index (χ4n) is 2.83. The molecule has 0 radical (unpaired) electrons. The monoisotopic (exact) mass is 226 g/mol. The van der Waals surface area contributed by atoms with Crippen LogP contribution in [0.25, 0.3) is 0 Å². The Bertz CT molecular complexity index is 188. The Morgan fingerprint density at radius 1 is 1.31 bits per heavy atom. The first kappa shape index (κ1) is 12.3. The van der Waals surface area contributed by atoms with E-state index in [9.17, 15) is 0 Å². The fourth-order valence-corrected chi connectivity index (χ4v) is 2.83. The zero-order valence-electron chi connectivity index (χ0n) is 10.7. The van der Waals surface area contributed by atoms with Gasteiger partial charge < -0.3 is 15.0 Å². The van der Waals surface area contributed by atoms with Crippen LogP contribution in [0.4, 0.5) is 0 Å². The van der Waals surface area contributed by atoms with E-state index in [4.69, 9.17) is 4.74 Å². The first-order valence-electron chi connectivity index (χ1n) is 6.80. The summed E-state index contributed by atoms with van der Waals surface area (Å²) in [5.41, 5.74) is 0. The van der Waals surface area contributed by atoms with Gasteiger partial charge in [-0.05, 0) is 45.3 Å². The van der Waals surface area contributed by atoms with Gasteiger partial charge in [0.2, 0.25) is 0 Å². The molecule has 3 atom stereocenters. The number of hydrogen-bond donors (Lipinski definition) is 1. The second-order valence-electron chi connectivity index (χ2n) is 5.47. The van der Waals surface area contributed by atoms with Gasteiger partial charge >= 0.3 is 0 Å². The highest BCUT2D eigenvalue weighted by atomic mass is 16.5. The lowest BCUT2D eigenvalue weighted by Crippen LogP contribution is -2.44. The number of likely N-dealkylation sites (N-methyl/N-ethyl adjacent to an activating group) is 1. The Morgan fingerprint density at radius 2 is 2.19 bits per heavy atom. The summed E-state index contributed by atoms with van der Waals surface area (Å²) in [6.07, 6.45) is 5.71. The minimum atomic E-state index is 0.483. The molecule has 3 heteroatoms. The summed E-state index contributed by atoms with van der Waals surface area (Å²) in [5.74, 6) is 0.669. The third kappa shape index (κ3) is 3.19. The second kappa shape index (κ2) is 5.99. The first-order valence-corrected chi connectivity index (χ1v) is 6.80. The van der Waals surface area contributed by atoms with Gasteiger partial charge in [-0.2, -0.15) is 0 Å². The zero-order chi connectivity index (χ0) is 11.4. The number of likely N-dealkylation sites (tertiary alicyclic amines) is 1. The van der Waals surface area contributed by atoms with Crippen LogP contribution in [0.3, 0.4) is 0 Å². The molecule has 2 aliphatic heterocycles. The van der Waals surface area contributed by atoms with E-state index in [1.54, 1.807) is 0 Å². The molecule has 0 bridgehead atoms. The lowest BCUT2D eigenvalue weighted by atomic mass is 9.98. The van der Waals surface area contributed by atoms with E-state index in [-0.39, 0.29) is 0 Å². The smallest absolute Gasteiger partial charge is 0.0625 e. The number of hydrogen-bond acceptors (Lipinski definition) is 3. The number of piperidine rings is 2. The lowest BCUT2D eigenvalue weighted by molar-refractivity contribution is -0.0318. The van der Waals surface area contributed by atoms with Crippen molar-refractivity contribution in [2.24, 2.45) is 5.92 Å². The SMILES string of the molecule is CC1CNCCC1OCC1CCCCN1C. The average Bonchev–Trinajstić information content (AvgIpc) is 2.30. The third-order valence-electron chi connectivity index (χ3n) is 4.13. The molecule has 2 fully saturated rings. The van der Waals surface area contributed by atoms with Crippen molar-refractivity contribution in [1.29, 1.82) is 0 Å². The molecular formula is C13H26N2O. The molecule has 0 aromatic carbocycles. The number of rotatable bonds is 3. The summed E-state index contributed by atoms with van der Waals surface area (Å²) in [6.45, 7) is 6.71. The fraction of sp³-hybridized carbons (Fsp3) is 1.00. The van der Waals surface area contributed by atoms with Crippen molar-refractivity contribution in [2.45, 2.75) is 44.8 Å². The summed E-state index contributed by atoms with van der Waals surface area (Å²) in [7, 11) is 2.24. The van der Waals surface area contributed by atoms with Crippen molar-refractivity contribution in [2.75, 3.05) is 33.3 Å². The van der Waals surface area contributed by atoms with Crippen LogP contribution in [0.5, 0.6) is 0 Å². The van der Waals surface area contributed by atoms with Gasteiger partial charge in [-0.15, -0.1) is 0 Å². The summed E-state index contributed by atoms with van der Waals surface area (Å²) >= 11 is 0. The maximum absolute atomic E-state index is 6.12. The van der Waals surface area contributed by atoms with E-state index in [0.717, 1.165) is 19.7 Å². The van der Waals surface area contributed by atoms with Gasteiger partial charge in [0, 0.05) is 12.6 Å². The molecule has 0 aromatic rings. The van der Waals surface area contributed by atoms with Crippen LogP contribution < -0.4 is 5.32 Å². The third-order valence-corrected chi connectivity index (χ3v) is 4.13. The van der Waals surface area contributed by atoms with Gasteiger partial charge in [0.05, 0.1) is 12.7 Å². The molecule has 2 heterocycles. The Kier molecular flexibility index (Phi) is 4.62. The molecule has 2 saturated heterocycles. The normalized spacial score (nSPS) is 37.5. The van der Waals surface area contributed by atoms with Crippen LogP contribution in [0.2, 0.25) is 0 Å². The van der Waals surface area contributed by atoms with Crippen LogP contribution in [-0.2, 0) is 4.74 Å². The first-order chi connectivity index (χ1) is 7.77. The molecule has 0 aliphatic carbocycles. The minimum Gasteiger partial charge on any atom is -0.376 e. The molecule has 0 saturated carbocycles. The number of nitrogens with one attached hydrogen (secondary N) is 1. The molecule has 16 heavy (non-hydrogen) atoms. The number of ether oxygens (including phenoxy) is 1. The summed E-state index contributed by atoms with van der Waals surface area (Å²) < 4.78 is 6.12. The Balaban J connectivity index is 1.72. The van der Waals surface area contributed by atoms with E-state index in [1.807, 2.05) is 0 Å².